The van der Waals surface area contributed by atoms with Crippen molar-refractivity contribution in [3.05, 3.63) is 0 Å². The second-order valence-electron chi connectivity index (χ2n) is 4.18. The highest BCUT2D eigenvalue weighted by atomic mass is 16.5. The average molecular weight is 200 g/mol. The molecule has 0 radical (unpaired) electrons. The molecule has 1 aliphatic rings. The number of carbonyl (C=O) groups excluding carboxylic acids is 1. The molecule has 1 rings (SSSR count). The highest BCUT2D eigenvalue weighted by molar-refractivity contribution is 5.82. The molecule has 1 aliphatic heterocycles. The fraction of sp³-hybridized carbons (Fsp3) is 0.900. The number of amides is 1. The number of carbonyl (C=O) groups is 1. The van der Waals surface area contributed by atoms with Gasteiger partial charge in [-0.05, 0) is 26.7 Å². The highest BCUT2D eigenvalue weighted by Crippen LogP contribution is 2.24. The van der Waals surface area contributed by atoms with E-state index in [4.69, 9.17) is 10.5 Å². The maximum Gasteiger partial charge on any atom is 0.237 e. The summed E-state index contributed by atoms with van der Waals surface area (Å²) in [7, 11) is 0. The molecule has 3 atom stereocenters. The summed E-state index contributed by atoms with van der Waals surface area (Å²) in [6.45, 7) is 6.59. The van der Waals surface area contributed by atoms with Crippen LogP contribution in [0.4, 0.5) is 0 Å². The van der Waals surface area contributed by atoms with Crippen molar-refractivity contribution >= 4 is 5.91 Å². The maximum absolute atomic E-state index is 11.6. The summed E-state index contributed by atoms with van der Waals surface area (Å²) in [5, 5.41) is 2.97. The molecular formula is C10H20N2O2. The van der Waals surface area contributed by atoms with Crippen LogP contribution in [0.15, 0.2) is 0 Å². The lowest BCUT2D eigenvalue weighted by molar-refractivity contribution is -0.124. The van der Waals surface area contributed by atoms with Crippen molar-refractivity contribution in [2.45, 2.75) is 51.3 Å². The van der Waals surface area contributed by atoms with Gasteiger partial charge in [0.1, 0.15) is 0 Å². The molecule has 2 unspecified atom stereocenters. The summed E-state index contributed by atoms with van der Waals surface area (Å²) < 4.78 is 5.43. The van der Waals surface area contributed by atoms with E-state index in [0.29, 0.717) is 13.0 Å². The minimum atomic E-state index is -0.403. The smallest absolute Gasteiger partial charge is 0.237 e. The highest BCUT2D eigenvalue weighted by Gasteiger charge is 2.38. The van der Waals surface area contributed by atoms with E-state index < -0.39 is 6.04 Å². The van der Waals surface area contributed by atoms with Gasteiger partial charge in [-0.2, -0.15) is 0 Å². The fourth-order valence-corrected chi connectivity index (χ4v) is 1.56. The molecule has 1 amide bonds. The SMILES string of the molecule is CC[C@@H](N)C(=O)NC1(C)CCOC1C. The number of hydrogen-bond donors (Lipinski definition) is 2. The van der Waals surface area contributed by atoms with Gasteiger partial charge >= 0.3 is 0 Å². The van der Waals surface area contributed by atoms with Crippen molar-refractivity contribution in [2.75, 3.05) is 6.61 Å². The molecule has 0 aromatic heterocycles. The van der Waals surface area contributed by atoms with Gasteiger partial charge in [-0.25, -0.2) is 0 Å². The maximum atomic E-state index is 11.6. The van der Waals surface area contributed by atoms with Crippen LogP contribution in [0.1, 0.15) is 33.6 Å². The summed E-state index contributed by atoms with van der Waals surface area (Å²) in [5.74, 6) is -0.0765. The first-order valence-corrected chi connectivity index (χ1v) is 5.19. The quantitative estimate of drug-likeness (QED) is 0.693. The van der Waals surface area contributed by atoms with Crippen molar-refractivity contribution in [3.63, 3.8) is 0 Å². The van der Waals surface area contributed by atoms with Gasteiger partial charge in [0.15, 0.2) is 0 Å². The molecule has 1 fully saturated rings. The Morgan fingerprint density at radius 1 is 1.79 bits per heavy atom. The Balaban J connectivity index is 2.54. The monoisotopic (exact) mass is 200 g/mol. The molecule has 0 aromatic carbocycles. The van der Waals surface area contributed by atoms with Crippen LogP contribution in [0.3, 0.4) is 0 Å². The lowest BCUT2D eigenvalue weighted by atomic mass is 9.94. The van der Waals surface area contributed by atoms with E-state index in [1.54, 1.807) is 0 Å². The van der Waals surface area contributed by atoms with E-state index >= 15 is 0 Å². The van der Waals surface area contributed by atoms with Crippen molar-refractivity contribution in [1.29, 1.82) is 0 Å². The first kappa shape index (κ1) is 11.5. The Labute approximate surface area is 85.2 Å². The van der Waals surface area contributed by atoms with Crippen LogP contribution in [-0.2, 0) is 9.53 Å². The first-order valence-electron chi connectivity index (χ1n) is 5.19. The Morgan fingerprint density at radius 2 is 2.43 bits per heavy atom. The molecule has 1 saturated heterocycles. The third-order valence-corrected chi connectivity index (χ3v) is 3.07. The van der Waals surface area contributed by atoms with Crippen LogP contribution in [0, 0.1) is 0 Å². The van der Waals surface area contributed by atoms with Crippen LogP contribution in [-0.4, -0.2) is 30.2 Å². The molecule has 0 spiro atoms. The van der Waals surface area contributed by atoms with Crippen molar-refractivity contribution in [1.82, 2.24) is 5.32 Å². The van der Waals surface area contributed by atoms with Gasteiger partial charge in [0.25, 0.3) is 0 Å². The van der Waals surface area contributed by atoms with Crippen LogP contribution in [0.2, 0.25) is 0 Å². The van der Waals surface area contributed by atoms with E-state index in [1.807, 2.05) is 20.8 Å². The average Bonchev–Trinajstić information content (AvgIpc) is 2.45. The molecule has 82 valence electrons. The zero-order valence-corrected chi connectivity index (χ0v) is 9.17. The van der Waals surface area contributed by atoms with E-state index in [-0.39, 0.29) is 17.6 Å². The largest absolute Gasteiger partial charge is 0.376 e. The topological polar surface area (TPSA) is 64.4 Å². The molecule has 3 N–H and O–H groups in total. The first-order chi connectivity index (χ1) is 6.49. The third kappa shape index (κ3) is 2.25. The standard InChI is InChI=1S/C10H20N2O2/c1-4-8(11)9(13)12-10(3)5-6-14-7(10)2/h7-8H,4-6,11H2,1-3H3,(H,12,13)/t7?,8-,10?/m1/s1. The molecule has 4 heteroatoms. The minimum Gasteiger partial charge on any atom is -0.376 e. The van der Waals surface area contributed by atoms with Gasteiger partial charge < -0.3 is 15.8 Å². The minimum absolute atomic E-state index is 0.0653. The molecule has 4 nitrogen and oxygen atoms in total. The van der Waals surface area contributed by atoms with Crippen LogP contribution in [0.5, 0.6) is 0 Å². The number of ether oxygens (including phenoxy) is 1. The number of nitrogens with one attached hydrogen (secondary N) is 1. The predicted octanol–water partition coefficient (Wildman–Crippen LogP) is 0.407. The Bertz CT molecular complexity index is 220. The molecule has 14 heavy (non-hydrogen) atoms. The summed E-state index contributed by atoms with van der Waals surface area (Å²) in [6, 6.07) is -0.403. The summed E-state index contributed by atoms with van der Waals surface area (Å²) in [4.78, 5) is 11.6. The Kier molecular flexibility index (Phi) is 3.50. The zero-order valence-electron chi connectivity index (χ0n) is 9.17. The van der Waals surface area contributed by atoms with Crippen LogP contribution >= 0.6 is 0 Å². The van der Waals surface area contributed by atoms with Crippen LogP contribution < -0.4 is 11.1 Å². The van der Waals surface area contributed by atoms with Crippen molar-refractivity contribution in [2.24, 2.45) is 5.73 Å². The van der Waals surface area contributed by atoms with E-state index in [2.05, 4.69) is 5.32 Å². The van der Waals surface area contributed by atoms with Gasteiger partial charge in [-0.3, -0.25) is 4.79 Å². The molecule has 0 aliphatic carbocycles. The predicted molar refractivity (Wildman–Crippen MR) is 54.8 cm³/mol. The second-order valence-corrected chi connectivity index (χ2v) is 4.18. The summed E-state index contributed by atoms with van der Waals surface area (Å²) in [5.41, 5.74) is 5.40. The van der Waals surface area contributed by atoms with Gasteiger partial charge in [-0.15, -0.1) is 0 Å². The third-order valence-electron chi connectivity index (χ3n) is 3.07. The number of nitrogens with two attached hydrogens (primary N) is 1. The Morgan fingerprint density at radius 3 is 2.86 bits per heavy atom. The molecular weight excluding hydrogens is 180 g/mol. The van der Waals surface area contributed by atoms with Crippen LogP contribution in [0.25, 0.3) is 0 Å². The van der Waals surface area contributed by atoms with E-state index in [1.165, 1.54) is 0 Å². The molecule has 0 bridgehead atoms. The molecule has 0 aromatic rings. The van der Waals surface area contributed by atoms with Crippen molar-refractivity contribution < 1.29 is 9.53 Å². The van der Waals surface area contributed by atoms with Gasteiger partial charge in [0, 0.05) is 6.61 Å². The lowest BCUT2D eigenvalue weighted by Crippen LogP contribution is -2.55. The lowest BCUT2D eigenvalue weighted by Gasteiger charge is -2.30. The van der Waals surface area contributed by atoms with Gasteiger partial charge in [0.2, 0.25) is 5.91 Å². The normalized spacial score (nSPS) is 34.1. The zero-order chi connectivity index (χ0) is 10.8. The van der Waals surface area contributed by atoms with Crippen molar-refractivity contribution in [3.8, 4) is 0 Å². The Hall–Kier alpha value is -0.610. The second kappa shape index (κ2) is 4.28. The number of rotatable bonds is 3. The van der Waals surface area contributed by atoms with E-state index in [9.17, 15) is 4.79 Å². The summed E-state index contributed by atoms with van der Waals surface area (Å²) >= 11 is 0. The fourth-order valence-electron chi connectivity index (χ4n) is 1.56. The van der Waals surface area contributed by atoms with Gasteiger partial charge in [-0.1, -0.05) is 6.92 Å². The van der Waals surface area contributed by atoms with E-state index in [0.717, 1.165) is 6.42 Å². The van der Waals surface area contributed by atoms with Gasteiger partial charge in [0.05, 0.1) is 17.7 Å². The summed E-state index contributed by atoms with van der Waals surface area (Å²) in [6.07, 6.45) is 1.59. The molecule has 0 saturated carbocycles. The number of hydrogen-bond acceptors (Lipinski definition) is 3. The molecule has 1 heterocycles.